The van der Waals surface area contributed by atoms with E-state index in [0.29, 0.717) is 23.5 Å². The zero-order valence-corrected chi connectivity index (χ0v) is 10.7. The molecule has 0 fully saturated rings. The number of nitrogen functional groups attached to an aromatic ring is 1. The Morgan fingerprint density at radius 1 is 1.37 bits per heavy atom. The number of carbonyl (C=O) groups is 1. The first-order chi connectivity index (χ1) is 9.13. The first-order valence-corrected chi connectivity index (χ1v) is 5.80. The molecule has 98 valence electrons. The monoisotopic (exact) mass is 257 g/mol. The highest BCUT2D eigenvalue weighted by Gasteiger charge is 2.12. The van der Waals surface area contributed by atoms with Crippen LogP contribution in [0.2, 0.25) is 0 Å². The SMILES string of the molecule is CCNC(=O)c1ccc(N(CC#N)CC#N)c(N)c1. The van der Waals surface area contributed by atoms with Crippen molar-refractivity contribution in [3.63, 3.8) is 0 Å². The van der Waals surface area contributed by atoms with E-state index in [9.17, 15) is 4.79 Å². The Kier molecular flexibility index (Phi) is 5.18. The smallest absolute Gasteiger partial charge is 0.251 e. The predicted octanol–water partition coefficient (Wildman–Crippen LogP) is 0.872. The van der Waals surface area contributed by atoms with E-state index in [1.807, 2.05) is 19.1 Å². The Morgan fingerprint density at radius 3 is 2.47 bits per heavy atom. The highest BCUT2D eigenvalue weighted by Crippen LogP contribution is 2.24. The molecule has 1 aromatic carbocycles. The lowest BCUT2D eigenvalue weighted by Gasteiger charge is -2.20. The van der Waals surface area contributed by atoms with E-state index in [0.717, 1.165) is 0 Å². The van der Waals surface area contributed by atoms with Gasteiger partial charge in [0.05, 0.1) is 23.5 Å². The van der Waals surface area contributed by atoms with Crippen LogP contribution < -0.4 is 16.0 Å². The molecule has 3 N–H and O–H groups in total. The van der Waals surface area contributed by atoms with Crippen molar-refractivity contribution in [2.24, 2.45) is 0 Å². The average molecular weight is 257 g/mol. The second-order valence-corrected chi connectivity index (χ2v) is 3.81. The van der Waals surface area contributed by atoms with E-state index >= 15 is 0 Å². The number of rotatable bonds is 5. The molecule has 0 heterocycles. The van der Waals surface area contributed by atoms with Crippen LogP contribution in [-0.2, 0) is 0 Å². The average Bonchev–Trinajstić information content (AvgIpc) is 2.39. The van der Waals surface area contributed by atoms with Gasteiger partial charge in [-0.1, -0.05) is 0 Å². The second-order valence-electron chi connectivity index (χ2n) is 3.81. The molecule has 0 spiro atoms. The molecule has 0 saturated heterocycles. The van der Waals surface area contributed by atoms with Crippen molar-refractivity contribution in [1.29, 1.82) is 10.5 Å². The van der Waals surface area contributed by atoms with E-state index in [1.165, 1.54) is 0 Å². The molecule has 0 aliphatic heterocycles. The zero-order chi connectivity index (χ0) is 14.3. The summed E-state index contributed by atoms with van der Waals surface area (Å²) in [4.78, 5) is 13.2. The van der Waals surface area contributed by atoms with E-state index < -0.39 is 0 Å². The van der Waals surface area contributed by atoms with Crippen LogP contribution in [0.25, 0.3) is 0 Å². The van der Waals surface area contributed by atoms with Crippen LogP contribution in [0.15, 0.2) is 18.2 Å². The van der Waals surface area contributed by atoms with Gasteiger partial charge < -0.3 is 16.0 Å². The fraction of sp³-hybridized carbons (Fsp3) is 0.308. The maximum absolute atomic E-state index is 11.6. The number of nitrogens with one attached hydrogen (secondary N) is 1. The molecule has 0 unspecified atom stereocenters. The number of nitrogens with two attached hydrogens (primary N) is 1. The lowest BCUT2D eigenvalue weighted by atomic mass is 10.1. The number of hydrogen-bond acceptors (Lipinski definition) is 5. The van der Waals surface area contributed by atoms with E-state index in [1.54, 1.807) is 23.1 Å². The summed E-state index contributed by atoms with van der Waals surface area (Å²) in [5.74, 6) is -0.201. The molecule has 1 aromatic rings. The molecular weight excluding hydrogens is 242 g/mol. The number of nitriles is 2. The third-order valence-electron chi connectivity index (χ3n) is 2.49. The highest BCUT2D eigenvalue weighted by molar-refractivity contribution is 5.96. The minimum absolute atomic E-state index is 0.0677. The molecule has 19 heavy (non-hydrogen) atoms. The summed E-state index contributed by atoms with van der Waals surface area (Å²) in [6, 6.07) is 8.77. The van der Waals surface area contributed by atoms with Gasteiger partial charge in [0.15, 0.2) is 0 Å². The fourth-order valence-electron chi connectivity index (χ4n) is 1.64. The number of amides is 1. The first-order valence-electron chi connectivity index (χ1n) is 5.80. The zero-order valence-electron chi connectivity index (χ0n) is 10.7. The summed E-state index contributed by atoms with van der Waals surface area (Å²) in [6.45, 7) is 2.50. The van der Waals surface area contributed by atoms with E-state index in [2.05, 4.69) is 5.32 Å². The summed E-state index contributed by atoms with van der Waals surface area (Å²) in [6.07, 6.45) is 0. The predicted molar refractivity (Wildman–Crippen MR) is 72.3 cm³/mol. The molecule has 0 bridgehead atoms. The van der Waals surface area contributed by atoms with Gasteiger partial charge in [-0.3, -0.25) is 4.79 Å². The largest absolute Gasteiger partial charge is 0.397 e. The quantitative estimate of drug-likeness (QED) is 0.601. The summed E-state index contributed by atoms with van der Waals surface area (Å²) in [5.41, 5.74) is 7.28. The summed E-state index contributed by atoms with van der Waals surface area (Å²) in [7, 11) is 0. The Bertz CT molecular complexity index is 525. The van der Waals surface area contributed by atoms with Crippen molar-refractivity contribution in [2.45, 2.75) is 6.92 Å². The van der Waals surface area contributed by atoms with Gasteiger partial charge in [0.1, 0.15) is 13.1 Å². The third kappa shape index (κ3) is 3.62. The Hall–Kier alpha value is -2.73. The summed E-state index contributed by atoms with van der Waals surface area (Å²) in [5, 5.41) is 20.1. The lowest BCUT2D eigenvalue weighted by molar-refractivity contribution is 0.0956. The van der Waals surface area contributed by atoms with Crippen molar-refractivity contribution in [3.05, 3.63) is 23.8 Å². The molecule has 0 aromatic heterocycles. The minimum atomic E-state index is -0.201. The van der Waals surface area contributed by atoms with Crippen LogP contribution in [-0.4, -0.2) is 25.5 Å². The van der Waals surface area contributed by atoms with Gasteiger partial charge in [0.25, 0.3) is 5.91 Å². The van der Waals surface area contributed by atoms with Crippen molar-refractivity contribution in [1.82, 2.24) is 5.32 Å². The molecule has 1 rings (SSSR count). The topological polar surface area (TPSA) is 106 Å². The summed E-state index contributed by atoms with van der Waals surface area (Å²) >= 11 is 0. The van der Waals surface area contributed by atoms with Gasteiger partial charge in [-0.2, -0.15) is 10.5 Å². The van der Waals surface area contributed by atoms with Gasteiger partial charge in [0, 0.05) is 12.1 Å². The van der Waals surface area contributed by atoms with Crippen LogP contribution in [0.5, 0.6) is 0 Å². The van der Waals surface area contributed by atoms with Crippen LogP contribution in [0.3, 0.4) is 0 Å². The van der Waals surface area contributed by atoms with E-state index in [-0.39, 0.29) is 19.0 Å². The standard InChI is InChI=1S/C13H15N5O/c1-2-17-13(19)10-3-4-12(11(16)9-10)18(7-5-14)8-6-15/h3-4,9H,2,7-8,16H2,1H3,(H,17,19). The number of anilines is 2. The van der Waals surface area contributed by atoms with Gasteiger partial charge >= 0.3 is 0 Å². The summed E-state index contributed by atoms with van der Waals surface area (Å²) < 4.78 is 0. The molecule has 6 nitrogen and oxygen atoms in total. The van der Waals surface area contributed by atoms with Crippen LogP contribution >= 0.6 is 0 Å². The van der Waals surface area contributed by atoms with Crippen LogP contribution in [0.1, 0.15) is 17.3 Å². The first kappa shape index (κ1) is 14.3. The number of carbonyl (C=O) groups excluding carboxylic acids is 1. The Balaban J connectivity index is 3.02. The van der Waals surface area contributed by atoms with Crippen molar-refractivity contribution in [3.8, 4) is 12.1 Å². The van der Waals surface area contributed by atoms with Crippen LogP contribution in [0.4, 0.5) is 11.4 Å². The molecule has 0 aliphatic rings. The molecule has 0 radical (unpaired) electrons. The molecule has 0 aliphatic carbocycles. The van der Waals surface area contributed by atoms with Gasteiger partial charge in [-0.15, -0.1) is 0 Å². The van der Waals surface area contributed by atoms with Crippen molar-refractivity contribution < 1.29 is 4.79 Å². The fourth-order valence-corrected chi connectivity index (χ4v) is 1.64. The minimum Gasteiger partial charge on any atom is -0.397 e. The van der Waals surface area contributed by atoms with Gasteiger partial charge in [-0.05, 0) is 25.1 Å². The van der Waals surface area contributed by atoms with Crippen LogP contribution in [0, 0.1) is 22.7 Å². The van der Waals surface area contributed by atoms with Crippen molar-refractivity contribution >= 4 is 17.3 Å². The molecule has 6 heteroatoms. The van der Waals surface area contributed by atoms with E-state index in [4.69, 9.17) is 16.3 Å². The van der Waals surface area contributed by atoms with Crippen molar-refractivity contribution in [2.75, 3.05) is 30.3 Å². The number of nitrogens with zero attached hydrogens (tertiary/aromatic N) is 3. The highest BCUT2D eigenvalue weighted by atomic mass is 16.1. The lowest BCUT2D eigenvalue weighted by Crippen LogP contribution is -2.26. The number of benzene rings is 1. The maximum Gasteiger partial charge on any atom is 0.251 e. The Morgan fingerprint density at radius 2 is 2.00 bits per heavy atom. The Labute approximate surface area is 112 Å². The molecule has 0 atom stereocenters. The van der Waals surface area contributed by atoms with Gasteiger partial charge in [-0.25, -0.2) is 0 Å². The molecule has 1 amide bonds. The normalized spacial score (nSPS) is 9.21. The molecule has 0 saturated carbocycles. The second kappa shape index (κ2) is 6.87. The maximum atomic E-state index is 11.6. The number of hydrogen-bond donors (Lipinski definition) is 2. The van der Waals surface area contributed by atoms with Gasteiger partial charge in [0.2, 0.25) is 0 Å². The molecular formula is C13H15N5O. The third-order valence-corrected chi connectivity index (χ3v) is 2.49.